The number of rotatable bonds is 4. The van der Waals surface area contributed by atoms with Crippen molar-refractivity contribution in [2.45, 2.75) is 33.2 Å². The standard InChI is InChI=1S/C16H26N2O/c1-12(2)14-6-5-13(3)16(19-4)15(14)11-18-9-7-17-8-10-18/h5-6,12,17H,7-11H2,1-4H3. The van der Waals surface area contributed by atoms with E-state index in [9.17, 15) is 0 Å². The summed E-state index contributed by atoms with van der Waals surface area (Å²) in [5.41, 5.74) is 4.03. The molecule has 1 saturated heterocycles. The highest BCUT2D eigenvalue weighted by molar-refractivity contribution is 5.47. The van der Waals surface area contributed by atoms with E-state index in [2.05, 4.69) is 43.1 Å². The molecule has 0 amide bonds. The van der Waals surface area contributed by atoms with E-state index in [4.69, 9.17) is 4.74 Å². The van der Waals surface area contributed by atoms with Gasteiger partial charge in [-0.05, 0) is 24.0 Å². The van der Waals surface area contributed by atoms with E-state index in [-0.39, 0.29) is 0 Å². The number of nitrogens with zero attached hydrogens (tertiary/aromatic N) is 1. The minimum atomic E-state index is 0.535. The largest absolute Gasteiger partial charge is 0.496 e. The van der Waals surface area contributed by atoms with Gasteiger partial charge in [0.25, 0.3) is 0 Å². The molecule has 0 unspecified atom stereocenters. The molecule has 3 heteroatoms. The maximum absolute atomic E-state index is 5.67. The molecule has 0 spiro atoms. The number of hydrogen-bond donors (Lipinski definition) is 1. The topological polar surface area (TPSA) is 24.5 Å². The summed E-state index contributed by atoms with van der Waals surface area (Å²) in [5.74, 6) is 1.61. The molecule has 19 heavy (non-hydrogen) atoms. The van der Waals surface area contributed by atoms with Crippen LogP contribution in [-0.4, -0.2) is 38.2 Å². The second kappa shape index (κ2) is 6.40. The van der Waals surface area contributed by atoms with Crippen molar-refractivity contribution < 1.29 is 4.74 Å². The fraction of sp³-hybridized carbons (Fsp3) is 0.625. The van der Waals surface area contributed by atoms with E-state index in [1.807, 2.05) is 0 Å². The zero-order valence-corrected chi connectivity index (χ0v) is 12.6. The average molecular weight is 262 g/mol. The predicted octanol–water partition coefficient (Wildman–Crippen LogP) is 2.53. The van der Waals surface area contributed by atoms with Gasteiger partial charge in [0.15, 0.2) is 0 Å². The quantitative estimate of drug-likeness (QED) is 0.902. The summed E-state index contributed by atoms with van der Waals surface area (Å²) in [6.07, 6.45) is 0. The summed E-state index contributed by atoms with van der Waals surface area (Å²) < 4.78 is 5.67. The molecule has 0 atom stereocenters. The van der Waals surface area contributed by atoms with Crippen LogP contribution in [0.3, 0.4) is 0 Å². The number of aryl methyl sites for hydroxylation is 1. The molecule has 0 aliphatic carbocycles. The molecule has 1 N–H and O–H groups in total. The summed E-state index contributed by atoms with van der Waals surface area (Å²) in [6.45, 7) is 12.1. The number of benzene rings is 1. The zero-order valence-electron chi connectivity index (χ0n) is 12.6. The van der Waals surface area contributed by atoms with Crippen molar-refractivity contribution in [2.75, 3.05) is 33.3 Å². The van der Waals surface area contributed by atoms with Gasteiger partial charge in [0, 0.05) is 38.3 Å². The zero-order chi connectivity index (χ0) is 13.8. The van der Waals surface area contributed by atoms with Crippen LogP contribution in [0.4, 0.5) is 0 Å². The van der Waals surface area contributed by atoms with Gasteiger partial charge in [-0.25, -0.2) is 0 Å². The molecule has 1 heterocycles. The number of piperazine rings is 1. The van der Waals surface area contributed by atoms with Crippen molar-refractivity contribution in [2.24, 2.45) is 0 Å². The van der Waals surface area contributed by atoms with Gasteiger partial charge in [0.2, 0.25) is 0 Å². The monoisotopic (exact) mass is 262 g/mol. The molecule has 106 valence electrons. The first-order valence-electron chi connectivity index (χ1n) is 7.23. The van der Waals surface area contributed by atoms with Gasteiger partial charge in [-0.3, -0.25) is 4.90 Å². The Labute approximate surface area is 116 Å². The van der Waals surface area contributed by atoms with Gasteiger partial charge >= 0.3 is 0 Å². The summed E-state index contributed by atoms with van der Waals surface area (Å²) in [7, 11) is 1.79. The number of methoxy groups -OCH3 is 1. The summed E-state index contributed by atoms with van der Waals surface area (Å²) in [4.78, 5) is 2.51. The molecule has 1 aliphatic rings. The van der Waals surface area contributed by atoms with Crippen LogP contribution >= 0.6 is 0 Å². The summed E-state index contributed by atoms with van der Waals surface area (Å²) >= 11 is 0. The molecule has 1 fully saturated rings. The van der Waals surface area contributed by atoms with E-state index < -0.39 is 0 Å². The first kappa shape index (κ1) is 14.4. The molecule has 3 nitrogen and oxygen atoms in total. The summed E-state index contributed by atoms with van der Waals surface area (Å²) in [5, 5.41) is 3.40. The Morgan fingerprint density at radius 1 is 1.26 bits per heavy atom. The first-order valence-corrected chi connectivity index (χ1v) is 7.23. The van der Waals surface area contributed by atoms with Crippen LogP contribution in [0.1, 0.15) is 36.5 Å². The van der Waals surface area contributed by atoms with Crippen LogP contribution in [0, 0.1) is 6.92 Å². The van der Waals surface area contributed by atoms with Crippen LogP contribution in [0.15, 0.2) is 12.1 Å². The Morgan fingerprint density at radius 2 is 1.95 bits per heavy atom. The molecule has 0 saturated carbocycles. The lowest BCUT2D eigenvalue weighted by molar-refractivity contribution is 0.229. The lowest BCUT2D eigenvalue weighted by atomic mass is 9.94. The van der Waals surface area contributed by atoms with Crippen molar-refractivity contribution in [3.63, 3.8) is 0 Å². The fourth-order valence-corrected chi connectivity index (χ4v) is 2.84. The van der Waals surface area contributed by atoms with Crippen LogP contribution < -0.4 is 10.1 Å². The minimum absolute atomic E-state index is 0.535. The number of nitrogens with one attached hydrogen (secondary N) is 1. The van der Waals surface area contributed by atoms with Gasteiger partial charge in [-0.15, -0.1) is 0 Å². The molecule has 0 radical (unpaired) electrons. The highest BCUT2D eigenvalue weighted by Gasteiger charge is 2.18. The normalized spacial score (nSPS) is 16.9. The molecular weight excluding hydrogens is 236 g/mol. The third-order valence-electron chi connectivity index (χ3n) is 3.91. The highest BCUT2D eigenvalue weighted by atomic mass is 16.5. The van der Waals surface area contributed by atoms with E-state index in [0.717, 1.165) is 38.5 Å². The molecular formula is C16H26N2O. The van der Waals surface area contributed by atoms with Gasteiger partial charge in [0.05, 0.1) is 7.11 Å². The molecule has 0 aromatic heterocycles. The van der Waals surface area contributed by atoms with Crippen molar-refractivity contribution in [1.29, 1.82) is 0 Å². The van der Waals surface area contributed by atoms with Crippen molar-refractivity contribution in [1.82, 2.24) is 10.2 Å². The summed E-state index contributed by atoms with van der Waals surface area (Å²) in [6, 6.07) is 4.44. The van der Waals surface area contributed by atoms with Crippen molar-refractivity contribution in [3.8, 4) is 5.75 Å². The average Bonchev–Trinajstić information content (AvgIpc) is 2.40. The second-order valence-corrected chi connectivity index (χ2v) is 5.66. The molecule has 2 rings (SSSR count). The first-order chi connectivity index (χ1) is 9.13. The molecule has 1 aliphatic heterocycles. The number of hydrogen-bond acceptors (Lipinski definition) is 3. The van der Waals surface area contributed by atoms with Gasteiger partial charge in [-0.2, -0.15) is 0 Å². The maximum Gasteiger partial charge on any atom is 0.126 e. The van der Waals surface area contributed by atoms with Gasteiger partial charge in [-0.1, -0.05) is 26.0 Å². The van der Waals surface area contributed by atoms with Gasteiger partial charge in [0.1, 0.15) is 5.75 Å². The van der Waals surface area contributed by atoms with Crippen molar-refractivity contribution >= 4 is 0 Å². The van der Waals surface area contributed by atoms with E-state index in [0.29, 0.717) is 5.92 Å². The Morgan fingerprint density at radius 3 is 2.53 bits per heavy atom. The molecule has 1 aromatic rings. The van der Waals surface area contributed by atoms with Crippen LogP contribution in [0.5, 0.6) is 5.75 Å². The predicted molar refractivity (Wildman–Crippen MR) is 80.0 cm³/mol. The van der Waals surface area contributed by atoms with E-state index in [1.165, 1.54) is 16.7 Å². The lowest BCUT2D eigenvalue weighted by Crippen LogP contribution is -2.43. The second-order valence-electron chi connectivity index (χ2n) is 5.66. The van der Waals surface area contributed by atoms with Crippen LogP contribution in [-0.2, 0) is 6.54 Å². The van der Waals surface area contributed by atoms with Gasteiger partial charge < -0.3 is 10.1 Å². The maximum atomic E-state index is 5.67. The fourth-order valence-electron chi connectivity index (χ4n) is 2.84. The third-order valence-corrected chi connectivity index (χ3v) is 3.91. The minimum Gasteiger partial charge on any atom is -0.496 e. The van der Waals surface area contributed by atoms with E-state index in [1.54, 1.807) is 7.11 Å². The van der Waals surface area contributed by atoms with E-state index >= 15 is 0 Å². The SMILES string of the molecule is COc1c(C)ccc(C(C)C)c1CN1CCNCC1. The smallest absolute Gasteiger partial charge is 0.126 e. The lowest BCUT2D eigenvalue weighted by Gasteiger charge is -2.29. The molecule has 1 aromatic carbocycles. The highest BCUT2D eigenvalue weighted by Crippen LogP contribution is 2.32. The Hall–Kier alpha value is -1.06. The van der Waals surface area contributed by atoms with Crippen LogP contribution in [0.25, 0.3) is 0 Å². The number of ether oxygens (including phenoxy) is 1. The Balaban J connectivity index is 2.31. The Bertz CT molecular complexity index is 423. The Kier molecular flexibility index (Phi) is 4.83. The van der Waals surface area contributed by atoms with Crippen LogP contribution in [0.2, 0.25) is 0 Å². The third kappa shape index (κ3) is 3.28. The van der Waals surface area contributed by atoms with Crippen molar-refractivity contribution in [3.05, 3.63) is 28.8 Å². The molecule has 0 bridgehead atoms.